The van der Waals surface area contributed by atoms with Gasteiger partial charge in [-0.05, 0) is 37.8 Å². The molecular formula is C44H80N. The van der Waals surface area contributed by atoms with E-state index in [0.717, 1.165) is 5.70 Å². The monoisotopic (exact) mass is 623 g/mol. The predicted molar refractivity (Wildman–Crippen MR) is 205 cm³/mol. The SMILES string of the molecule is CCCCCCCCCCCCCCCCCC/C=C/C1=C(/C=C/CCCCCCCCCCCCCCCCCC)[N]C=C1. The zero-order chi connectivity index (χ0) is 32.1. The van der Waals surface area contributed by atoms with E-state index in [1.165, 1.54) is 224 Å². The van der Waals surface area contributed by atoms with Crippen LogP contribution in [-0.4, -0.2) is 0 Å². The number of nitrogens with zero attached hydrogens (tertiary/aromatic N) is 1. The Morgan fingerprint density at radius 3 is 1.00 bits per heavy atom. The molecule has 0 aromatic heterocycles. The van der Waals surface area contributed by atoms with Gasteiger partial charge in [-0.15, -0.1) is 0 Å². The average molecular weight is 623 g/mol. The molecule has 1 heteroatoms. The van der Waals surface area contributed by atoms with Gasteiger partial charge in [0.05, 0.1) is 5.70 Å². The van der Waals surface area contributed by atoms with Gasteiger partial charge in [0.1, 0.15) is 0 Å². The molecule has 1 heterocycles. The summed E-state index contributed by atoms with van der Waals surface area (Å²) in [6.45, 7) is 4.61. The minimum absolute atomic E-state index is 1.15. The van der Waals surface area contributed by atoms with Gasteiger partial charge < -0.3 is 0 Å². The van der Waals surface area contributed by atoms with Crippen LogP contribution in [0.2, 0.25) is 0 Å². The van der Waals surface area contributed by atoms with Gasteiger partial charge in [0, 0.05) is 11.8 Å². The van der Waals surface area contributed by atoms with Gasteiger partial charge in [0.2, 0.25) is 0 Å². The van der Waals surface area contributed by atoms with E-state index in [-0.39, 0.29) is 0 Å². The van der Waals surface area contributed by atoms with Gasteiger partial charge in [-0.1, -0.05) is 225 Å². The van der Waals surface area contributed by atoms with Crippen LogP contribution in [0.3, 0.4) is 0 Å². The van der Waals surface area contributed by atoms with Crippen LogP contribution in [-0.2, 0) is 0 Å². The summed E-state index contributed by atoms with van der Waals surface area (Å²) in [6.07, 6.45) is 61.7. The molecule has 261 valence electrons. The molecule has 0 aromatic carbocycles. The maximum absolute atomic E-state index is 4.59. The largest absolute Gasteiger partial charge is 0.256 e. The lowest BCUT2D eigenvalue weighted by Gasteiger charge is -2.03. The Hall–Kier alpha value is -1.24. The van der Waals surface area contributed by atoms with Crippen molar-refractivity contribution in [2.24, 2.45) is 0 Å². The molecule has 1 rings (SSSR count). The normalized spacial score (nSPS) is 13.3. The first-order valence-corrected chi connectivity index (χ1v) is 20.8. The third-order valence-corrected chi connectivity index (χ3v) is 9.79. The summed E-state index contributed by atoms with van der Waals surface area (Å²) in [7, 11) is 0. The molecule has 0 atom stereocenters. The van der Waals surface area contributed by atoms with Crippen LogP contribution in [0.1, 0.15) is 232 Å². The molecule has 1 aliphatic rings. The molecule has 0 fully saturated rings. The highest BCUT2D eigenvalue weighted by atomic mass is 14.9. The summed E-state index contributed by atoms with van der Waals surface area (Å²) in [6, 6.07) is 0. The quantitative estimate of drug-likeness (QED) is 0.0617. The lowest BCUT2D eigenvalue weighted by atomic mass is 10.0. The molecule has 0 saturated carbocycles. The first kappa shape index (κ1) is 41.8. The van der Waals surface area contributed by atoms with Crippen LogP contribution < -0.4 is 5.32 Å². The Bertz CT molecular complexity index is 710. The van der Waals surface area contributed by atoms with Crippen molar-refractivity contribution in [2.75, 3.05) is 0 Å². The Kier molecular flexibility index (Phi) is 33.1. The van der Waals surface area contributed by atoms with E-state index in [1.54, 1.807) is 0 Å². The number of allylic oxidation sites excluding steroid dienone is 6. The minimum Gasteiger partial charge on any atom is -0.256 e. The van der Waals surface area contributed by atoms with Gasteiger partial charge in [-0.25, -0.2) is 0 Å². The highest BCUT2D eigenvalue weighted by Gasteiger charge is 2.04. The van der Waals surface area contributed by atoms with Gasteiger partial charge >= 0.3 is 0 Å². The second-order valence-electron chi connectivity index (χ2n) is 14.3. The van der Waals surface area contributed by atoms with E-state index in [0.29, 0.717) is 0 Å². The first-order valence-electron chi connectivity index (χ1n) is 20.8. The molecule has 0 spiro atoms. The predicted octanol–water partition coefficient (Wildman–Crippen LogP) is 15.8. The Balaban J connectivity index is 1.88. The van der Waals surface area contributed by atoms with Crippen LogP contribution in [0.25, 0.3) is 0 Å². The fourth-order valence-corrected chi connectivity index (χ4v) is 6.66. The molecule has 0 bridgehead atoms. The Morgan fingerprint density at radius 2 is 0.667 bits per heavy atom. The van der Waals surface area contributed by atoms with E-state index >= 15 is 0 Å². The van der Waals surface area contributed by atoms with Crippen molar-refractivity contribution in [3.8, 4) is 0 Å². The highest BCUT2D eigenvalue weighted by molar-refractivity contribution is 5.44. The van der Waals surface area contributed by atoms with Crippen LogP contribution >= 0.6 is 0 Å². The standard InChI is InChI=1S/C44H80N/c1-3-5-7-9-11-13-15-17-19-21-23-25-27-29-31-33-35-37-39-43-41-42-45-44(43)40-38-36-34-32-30-28-26-24-22-20-18-16-14-12-10-8-6-4-2/h37-42H,3-36H2,1-2H3/b39-37+,40-38+. The zero-order valence-corrected chi connectivity index (χ0v) is 31.0. The van der Waals surface area contributed by atoms with Crippen molar-refractivity contribution in [2.45, 2.75) is 232 Å². The van der Waals surface area contributed by atoms with Gasteiger partial charge in [-0.2, -0.15) is 0 Å². The van der Waals surface area contributed by atoms with E-state index in [1.807, 2.05) is 6.20 Å². The van der Waals surface area contributed by atoms with Crippen molar-refractivity contribution < 1.29 is 0 Å². The summed E-state index contributed by atoms with van der Waals surface area (Å²) >= 11 is 0. The van der Waals surface area contributed by atoms with Gasteiger partial charge in [0.25, 0.3) is 0 Å². The minimum atomic E-state index is 1.15. The third kappa shape index (κ3) is 29.9. The molecule has 1 aliphatic heterocycles. The van der Waals surface area contributed by atoms with Crippen molar-refractivity contribution in [3.63, 3.8) is 0 Å². The fraction of sp³-hybridized carbons (Fsp3) is 0.818. The lowest BCUT2D eigenvalue weighted by Crippen LogP contribution is -1.89. The van der Waals surface area contributed by atoms with Crippen LogP contribution in [0, 0.1) is 0 Å². The van der Waals surface area contributed by atoms with Gasteiger partial charge in [-0.3, -0.25) is 5.32 Å². The number of hydrogen-bond donors (Lipinski definition) is 0. The van der Waals surface area contributed by atoms with E-state index in [4.69, 9.17) is 0 Å². The molecule has 1 radical (unpaired) electrons. The van der Waals surface area contributed by atoms with Crippen molar-refractivity contribution >= 4 is 0 Å². The molecular weight excluding hydrogens is 542 g/mol. The molecule has 0 saturated heterocycles. The number of unbranched alkanes of at least 4 members (excludes halogenated alkanes) is 32. The first-order chi connectivity index (χ1) is 22.4. The maximum Gasteiger partial charge on any atom is 0.0699 e. The summed E-state index contributed by atoms with van der Waals surface area (Å²) in [5.41, 5.74) is 2.43. The van der Waals surface area contributed by atoms with Crippen molar-refractivity contribution in [1.29, 1.82) is 0 Å². The fourth-order valence-electron chi connectivity index (χ4n) is 6.66. The topological polar surface area (TPSA) is 14.1 Å². The third-order valence-electron chi connectivity index (χ3n) is 9.79. The van der Waals surface area contributed by atoms with Crippen LogP contribution in [0.5, 0.6) is 0 Å². The van der Waals surface area contributed by atoms with Crippen LogP contribution in [0.15, 0.2) is 47.9 Å². The second-order valence-corrected chi connectivity index (χ2v) is 14.3. The molecule has 0 unspecified atom stereocenters. The van der Waals surface area contributed by atoms with Crippen molar-refractivity contribution in [3.05, 3.63) is 47.9 Å². The zero-order valence-electron chi connectivity index (χ0n) is 31.0. The van der Waals surface area contributed by atoms with E-state index in [9.17, 15) is 0 Å². The van der Waals surface area contributed by atoms with E-state index < -0.39 is 0 Å². The smallest absolute Gasteiger partial charge is 0.0699 e. The lowest BCUT2D eigenvalue weighted by molar-refractivity contribution is 0.530. The number of rotatable bonds is 36. The number of hydrogen-bond acceptors (Lipinski definition) is 0. The van der Waals surface area contributed by atoms with Gasteiger partial charge in [0.15, 0.2) is 0 Å². The summed E-state index contributed by atoms with van der Waals surface area (Å²) in [4.78, 5) is 0. The molecule has 0 N–H and O–H groups in total. The molecule has 0 aromatic rings. The molecule has 45 heavy (non-hydrogen) atoms. The molecule has 1 nitrogen and oxygen atoms in total. The average Bonchev–Trinajstić information content (AvgIpc) is 3.50. The Morgan fingerprint density at radius 1 is 0.378 bits per heavy atom. The summed E-state index contributed by atoms with van der Waals surface area (Å²) in [5.74, 6) is 0. The van der Waals surface area contributed by atoms with Crippen LogP contribution in [0.4, 0.5) is 0 Å². The Labute approximate surface area is 284 Å². The second kappa shape index (κ2) is 35.6. The van der Waals surface area contributed by atoms with Crippen molar-refractivity contribution in [1.82, 2.24) is 5.32 Å². The molecule has 0 aliphatic carbocycles. The maximum atomic E-state index is 4.59. The highest BCUT2D eigenvalue weighted by Crippen LogP contribution is 2.18. The summed E-state index contributed by atoms with van der Waals surface area (Å²) < 4.78 is 0. The van der Waals surface area contributed by atoms with E-state index in [2.05, 4.69) is 49.5 Å². The molecule has 0 amide bonds. The summed E-state index contributed by atoms with van der Waals surface area (Å²) in [5, 5.41) is 4.59.